The largest absolute Gasteiger partial charge is 0.464 e. The minimum Gasteiger partial charge on any atom is -0.464 e. The van der Waals surface area contributed by atoms with Gasteiger partial charge in [-0.1, -0.05) is 30.3 Å². The molecule has 238 valence electrons. The number of methoxy groups -OCH3 is 1. The number of hydrogen-bond donors (Lipinski definition) is 2. The summed E-state index contributed by atoms with van der Waals surface area (Å²) < 4.78 is 34.0. The van der Waals surface area contributed by atoms with Crippen LogP contribution in [-0.4, -0.2) is 54.8 Å². The van der Waals surface area contributed by atoms with Crippen LogP contribution in [0, 0.1) is 17.8 Å². The average Bonchev–Trinajstić information content (AvgIpc) is 3.03. The first-order chi connectivity index (χ1) is 22.0. The van der Waals surface area contributed by atoms with Crippen LogP contribution in [0.2, 0.25) is 0 Å². The van der Waals surface area contributed by atoms with E-state index < -0.39 is 21.5 Å². The molecule has 10 nitrogen and oxygen atoms in total. The molecule has 4 saturated carbocycles. The number of ether oxygens (including phenoxy) is 1. The van der Waals surface area contributed by atoms with Gasteiger partial charge in [-0.2, -0.15) is 0 Å². The van der Waals surface area contributed by atoms with Gasteiger partial charge in [0.15, 0.2) is 5.43 Å². The molecule has 0 radical (unpaired) electrons. The molecule has 4 aliphatic carbocycles. The van der Waals surface area contributed by atoms with Crippen LogP contribution in [0.4, 0.5) is 0 Å². The molecule has 1 amide bonds. The number of carbonyl (C=O) groups excluding carboxylic acids is 2. The smallest absolute Gasteiger partial charge is 0.355 e. The number of aromatic nitrogens is 2. The third-order valence-electron chi connectivity index (χ3n) is 9.99. The number of pyridine rings is 2. The maximum atomic E-state index is 13.8. The van der Waals surface area contributed by atoms with Gasteiger partial charge in [-0.3, -0.25) is 14.2 Å². The molecule has 11 heteroatoms. The highest BCUT2D eigenvalue weighted by atomic mass is 32.2. The maximum Gasteiger partial charge on any atom is 0.355 e. The third kappa shape index (κ3) is 5.51. The Morgan fingerprint density at radius 2 is 1.67 bits per heavy atom. The Hall–Kier alpha value is -4.35. The van der Waals surface area contributed by atoms with E-state index >= 15 is 0 Å². The van der Waals surface area contributed by atoms with E-state index in [1.807, 2.05) is 30.3 Å². The minimum atomic E-state index is -3.32. The van der Waals surface area contributed by atoms with Crippen LogP contribution < -0.4 is 15.5 Å². The third-order valence-corrected chi connectivity index (χ3v) is 10.8. The predicted molar refractivity (Wildman–Crippen MR) is 173 cm³/mol. The number of nitrogens with one attached hydrogen (secondary N) is 2. The highest BCUT2D eigenvalue weighted by molar-refractivity contribution is 7.88. The Morgan fingerprint density at radius 1 is 0.978 bits per heavy atom. The van der Waals surface area contributed by atoms with Crippen molar-refractivity contribution in [3.05, 3.63) is 106 Å². The van der Waals surface area contributed by atoms with Crippen LogP contribution in [0.3, 0.4) is 0 Å². The molecule has 46 heavy (non-hydrogen) atoms. The van der Waals surface area contributed by atoms with Gasteiger partial charge in [0.05, 0.1) is 18.8 Å². The van der Waals surface area contributed by atoms with Crippen molar-refractivity contribution in [2.24, 2.45) is 17.8 Å². The van der Waals surface area contributed by atoms with Crippen LogP contribution in [0.25, 0.3) is 16.7 Å². The molecule has 4 aliphatic rings. The number of benzene rings is 2. The summed E-state index contributed by atoms with van der Waals surface area (Å²) >= 11 is 0. The average molecular weight is 641 g/mol. The number of amides is 1. The summed E-state index contributed by atoms with van der Waals surface area (Å²) in [6, 6.07) is 19.7. The number of hydrogen-bond acceptors (Lipinski definition) is 7. The van der Waals surface area contributed by atoms with Gasteiger partial charge >= 0.3 is 5.97 Å². The number of sulfonamides is 1. The zero-order valence-electron chi connectivity index (χ0n) is 25.7. The van der Waals surface area contributed by atoms with Crippen molar-refractivity contribution >= 4 is 32.9 Å². The molecule has 2 N–H and O–H groups in total. The van der Waals surface area contributed by atoms with Crippen molar-refractivity contribution in [2.75, 3.05) is 13.4 Å². The summed E-state index contributed by atoms with van der Waals surface area (Å²) in [7, 11) is -2.04. The Labute approximate surface area is 267 Å². The van der Waals surface area contributed by atoms with Gasteiger partial charge in [-0.25, -0.2) is 22.9 Å². The topological polar surface area (TPSA) is 136 Å². The summed E-state index contributed by atoms with van der Waals surface area (Å²) in [6.07, 6.45) is 7.29. The first-order valence-electron chi connectivity index (χ1n) is 15.6. The van der Waals surface area contributed by atoms with Gasteiger partial charge < -0.3 is 10.1 Å². The zero-order valence-corrected chi connectivity index (χ0v) is 26.5. The van der Waals surface area contributed by atoms with Crippen LogP contribution in [0.15, 0.2) is 77.7 Å². The molecular weight excluding hydrogens is 604 g/mol. The summed E-state index contributed by atoms with van der Waals surface area (Å²) in [4.78, 5) is 45.0. The fourth-order valence-corrected chi connectivity index (χ4v) is 9.59. The SMILES string of the molecule is COC(=O)c1c(Cc2ccc(C(=O)N[C@H]3[C@@H]4C[C@H]5C[C@H]3C[C@](NS(C)(=O)=O)(C5)C4)cc2)c(=O)c2cccnc2n1-c1ccccc1. The van der Waals surface area contributed by atoms with Crippen LogP contribution in [0.5, 0.6) is 0 Å². The van der Waals surface area contributed by atoms with Gasteiger partial charge in [0.1, 0.15) is 11.3 Å². The van der Waals surface area contributed by atoms with Crippen LogP contribution >= 0.6 is 0 Å². The second-order valence-corrected chi connectivity index (χ2v) is 14.9. The molecule has 2 aromatic carbocycles. The maximum absolute atomic E-state index is 13.8. The molecule has 0 aliphatic heterocycles. The van der Waals surface area contributed by atoms with E-state index in [0.717, 1.165) is 37.7 Å². The molecule has 0 spiro atoms. The second kappa shape index (κ2) is 11.5. The number of carbonyl (C=O) groups is 2. The van der Waals surface area contributed by atoms with Crippen molar-refractivity contribution in [1.29, 1.82) is 0 Å². The van der Waals surface area contributed by atoms with Gasteiger partial charge in [0.2, 0.25) is 10.0 Å². The Bertz CT molecular complexity index is 1990. The van der Waals surface area contributed by atoms with Crippen molar-refractivity contribution in [3.8, 4) is 5.69 Å². The van der Waals surface area contributed by atoms with E-state index in [9.17, 15) is 22.8 Å². The van der Waals surface area contributed by atoms with E-state index in [4.69, 9.17) is 4.74 Å². The van der Waals surface area contributed by atoms with E-state index in [-0.39, 0.29) is 46.9 Å². The van der Waals surface area contributed by atoms with Gasteiger partial charge in [0, 0.05) is 41.0 Å². The molecule has 4 aromatic rings. The Balaban J connectivity index is 1.15. The first-order valence-corrected chi connectivity index (χ1v) is 17.5. The highest BCUT2D eigenvalue weighted by Gasteiger charge is 2.56. The lowest BCUT2D eigenvalue weighted by Gasteiger charge is -2.59. The van der Waals surface area contributed by atoms with Crippen molar-refractivity contribution in [1.82, 2.24) is 19.6 Å². The Morgan fingerprint density at radius 3 is 2.33 bits per heavy atom. The van der Waals surface area contributed by atoms with E-state index in [1.54, 1.807) is 47.2 Å². The summed E-state index contributed by atoms with van der Waals surface area (Å²) in [5.41, 5.74) is 1.97. The fraction of sp³-hybridized carbons (Fsp3) is 0.371. The predicted octanol–water partition coefficient (Wildman–Crippen LogP) is 3.99. The molecule has 4 bridgehead atoms. The van der Waals surface area contributed by atoms with Crippen molar-refractivity contribution < 1.29 is 22.7 Å². The number of nitrogens with zero attached hydrogens (tertiary/aromatic N) is 2. The molecule has 2 aromatic heterocycles. The highest BCUT2D eigenvalue weighted by Crippen LogP contribution is 2.56. The van der Waals surface area contributed by atoms with Crippen LogP contribution in [0.1, 0.15) is 64.1 Å². The van der Waals surface area contributed by atoms with Gasteiger partial charge in [0.25, 0.3) is 5.91 Å². The molecule has 2 heterocycles. The van der Waals surface area contributed by atoms with E-state index in [2.05, 4.69) is 15.0 Å². The second-order valence-electron chi connectivity index (χ2n) is 13.2. The Kier molecular flexibility index (Phi) is 7.56. The van der Waals surface area contributed by atoms with E-state index in [1.165, 1.54) is 13.4 Å². The normalized spacial score (nSPS) is 25.0. The summed E-state index contributed by atoms with van der Waals surface area (Å²) in [6.45, 7) is 0. The van der Waals surface area contributed by atoms with Crippen molar-refractivity contribution in [3.63, 3.8) is 0 Å². The minimum absolute atomic E-state index is 0.00323. The quantitative estimate of drug-likeness (QED) is 0.278. The molecule has 8 rings (SSSR count). The lowest BCUT2D eigenvalue weighted by molar-refractivity contribution is -0.0347. The lowest BCUT2D eigenvalue weighted by atomic mass is 9.51. The zero-order chi connectivity index (χ0) is 32.2. The first kappa shape index (κ1) is 30.3. The lowest BCUT2D eigenvalue weighted by Crippen LogP contribution is -2.66. The van der Waals surface area contributed by atoms with Crippen LogP contribution in [-0.2, 0) is 21.2 Å². The fourth-order valence-electron chi connectivity index (χ4n) is 8.56. The van der Waals surface area contributed by atoms with Gasteiger partial charge in [-0.05, 0) is 91.8 Å². The van der Waals surface area contributed by atoms with Gasteiger partial charge in [-0.15, -0.1) is 0 Å². The number of esters is 1. The number of para-hydroxylation sites is 1. The molecule has 5 atom stereocenters. The van der Waals surface area contributed by atoms with Crippen molar-refractivity contribution in [2.45, 2.75) is 50.1 Å². The molecule has 0 saturated heterocycles. The number of rotatable bonds is 8. The summed E-state index contributed by atoms with van der Waals surface area (Å²) in [5, 5.41) is 3.66. The molecule has 4 fully saturated rings. The molecule has 0 unspecified atom stereocenters. The summed E-state index contributed by atoms with van der Waals surface area (Å²) in [5.74, 6) is 0.118. The standard InChI is InChI=1S/C35H36N4O6S/c1-45-34(42)30-28(31(40)27-9-6-14-36-32(27)39(30)26-7-4-3-5-8-26)17-21-10-12-23(13-11-21)33(41)37-29-24-15-22-16-25(29)20-35(18-22,19-24)38-46(2,43)44/h3-14,22,24-25,29,38H,15-20H2,1-2H3,(H,37,41)/t22-,24+,25-,29-,35-. The van der Waals surface area contributed by atoms with E-state index in [0.29, 0.717) is 28.2 Å². The monoisotopic (exact) mass is 640 g/mol. The molecular formula is C35H36N4O6S. The number of fused-ring (bicyclic) bond motifs is 1.